The topological polar surface area (TPSA) is 73.7 Å². The predicted octanol–water partition coefficient (Wildman–Crippen LogP) is 0.557. The van der Waals surface area contributed by atoms with Crippen molar-refractivity contribution in [3.05, 3.63) is 18.0 Å². The predicted molar refractivity (Wildman–Crippen MR) is 110 cm³/mol. The molecular weight excluding hydrogens is 368 g/mol. The second-order valence-electron chi connectivity index (χ2n) is 8.96. The molecule has 1 aromatic heterocycles. The Morgan fingerprint density at radius 1 is 1.07 bits per heavy atom. The number of nitrogens with zero attached hydrogens (tertiary/aromatic N) is 5. The third kappa shape index (κ3) is 4.98. The lowest BCUT2D eigenvalue weighted by Crippen LogP contribution is -2.49. The van der Waals surface area contributed by atoms with Crippen LogP contribution in [0.3, 0.4) is 0 Å². The Morgan fingerprint density at radius 3 is 2.45 bits per heavy atom. The molecule has 1 saturated carbocycles. The van der Waals surface area contributed by atoms with Gasteiger partial charge in [0.25, 0.3) is 5.91 Å². The van der Waals surface area contributed by atoms with Crippen molar-refractivity contribution in [1.29, 1.82) is 0 Å². The van der Waals surface area contributed by atoms with E-state index in [9.17, 15) is 9.59 Å². The molecule has 29 heavy (non-hydrogen) atoms. The van der Waals surface area contributed by atoms with Crippen LogP contribution < -0.4 is 5.32 Å². The molecule has 1 aromatic rings. The summed E-state index contributed by atoms with van der Waals surface area (Å²) in [5, 5.41) is 7.17. The third-order valence-corrected chi connectivity index (χ3v) is 6.76. The van der Waals surface area contributed by atoms with E-state index >= 15 is 0 Å². The van der Waals surface area contributed by atoms with Crippen LogP contribution in [0.4, 0.5) is 0 Å². The SMILES string of the molecule is CN1CCN(C(=O)C[C@H]2CC[C@@H](CNC(=O)c3ccnn3C)N2CC2CC2)CC1. The monoisotopic (exact) mass is 402 g/mol. The zero-order chi connectivity index (χ0) is 20.4. The molecule has 3 fully saturated rings. The molecule has 2 amide bonds. The van der Waals surface area contributed by atoms with Crippen LogP contribution >= 0.6 is 0 Å². The maximum atomic E-state index is 12.9. The van der Waals surface area contributed by atoms with Gasteiger partial charge in [-0.05, 0) is 44.7 Å². The van der Waals surface area contributed by atoms with Crippen LogP contribution in [-0.4, -0.2) is 94.7 Å². The van der Waals surface area contributed by atoms with Gasteiger partial charge in [0.2, 0.25) is 5.91 Å². The van der Waals surface area contributed by atoms with Crippen molar-refractivity contribution in [2.45, 2.75) is 44.2 Å². The van der Waals surface area contributed by atoms with Crippen LogP contribution in [0.15, 0.2) is 12.3 Å². The number of likely N-dealkylation sites (tertiary alicyclic amines) is 1. The average Bonchev–Trinajstić information content (AvgIpc) is 3.31. The summed E-state index contributed by atoms with van der Waals surface area (Å²) in [6.07, 6.45) is 6.93. The number of hydrogen-bond donors (Lipinski definition) is 1. The number of rotatable bonds is 7. The Balaban J connectivity index is 1.33. The summed E-state index contributed by atoms with van der Waals surface area (Å²) in [5.41, 5.74) is 0.582. The van der Waals surface area contributed by atoms with Gasteiger partial charge in [0.05, 0.1) is 0 Å². The number of amides is 2. The minimum atomic E-state index is -0.0756. The first-order valence-corrected chi connectivity index (χ1v) is 11.0. The number of carbonyl (C=O) groups excluding carboxylic acids is 2. The van der Waals surface area contributed by atoms with E-state index in [0.29, 0.717) is 36.7 Å². The van der Waals surface area contributed by atoms with E-state index in [2.05, 4.69) is 27.3 Å². The first-order valence-electron chi connectivity index (χ1n) is 11.0. The molecule has 3 heterocycles. The second kappa shape index (κ2) is 8.83. The molecule has 3 aliphatic rings. The molecule has 2 saturated heterocycles. The van der Waals surface area contributed by atoms with E-state index < -0.39 is 0 Å². The first kappa shape index (κ1) is 20.3. The van der Waals surface area contributed by atoms with Gasteiger partial charge in [-0.1, -0.05) is 0 Å². The number of aryl methyl sites for hydroxylation is 1. The van der Waals surface area contributed by atoms with Gasteiger partial charge in [0.1, 0.15) is 5.69 Å². The molecule has 8 nitrogen and oxygen atoms in total. The molecule has 160 valence electrons. The standard InChI is InChI=1S/C21H34N6O2/c1-24-9-11-26(12-10-24)20(28)13-17-5-6-18(27(17)15-16-3-4-16)14-22-21(29)19-7-8-23-25(19)2/h7-8,16-18H,3-6,9-15H2,1-2H3,(H,22,29)/t17-,18+/m1/s1. The number of piperazine rings is 1. The Morgan fingerprint density at radius 2 is 1.79 bits per heavy atom. The molecule has 0 aromatic carbocycles. The van der Waals surface area contributed by atoms with Crippen molar-refractivity contribution in [3.63, 3.8) is 0 Å². The van der Waals surface area contributed by atoms with E-state index in [1.165, 1.54) is 12.8 Å². The lowest BCUT2D eigenvalue weighted by Gasteiger charge is -2.35. The van der Waals surface area contributed by atoms with Gasteiger partial charge in [-0.15, -0.1) is 0 Å². The third-order valence-electron chi connectivity index (χ3n) is 6.76. The molecule has 0 spiro atoms. The molecule has 2 aliphatic heterocycles. The van der Waals surface area contributed by atoms with Gasteiger partial charge in [0, 0.05) is 71.0 Å². The number of carbonyl (C=O) groups is 2. The molecule has 0 unspecified atom stereocenters. The summed E-state index contributed by atoms with van der Waals surface area (Å²) in [5.74, 6) is 0.987. The van der Waals surface area contributed by atoms with Crippen LogP contribution in [-0.2, 0) is 11.8 Å². The van der Waals surface area contributed by atoms with E-state index in [1.807, 2.05) is 4.90 Å². The fourth-order valence-corrected chi connectivity index (χ4v) is 4.63. The van der Waals surface area contributed by atoms with Gasteiger partial charge in [0.15, 0.2) is 0 Å². The Bertz CT molecular complexity index is 723. The van der Waals surface area contributed by atoms with Gasteiger partial charge in [-0.3, -0.25) is 19.2 Å². The Kier molecular flexibility index (Phi) is 6.20. The largest absolute Gasteiger partial charge is 0.349 e. The van der Waals surface area contributed by atoms with E-state index in [-0.39, 0.29) is 5.91 Å². The maximum absolute atomic E-state index is 12.9. The van der Waals surface area contributed by atoms with E-state index in [0.717, 1.165) is 51.5 Å². The van der Waals surface area contributed by atoms with Gasteiger partial charge >= 0.3 is 0 Å². The summed E-state index contributed by atoms with van der Waals surface area (Å²) >= 11 is 0. The van der Waals surface area contributed by atoms with Crippen molar-refractivity contribution in [2.24, 2.45) is 13.0 Å². The van der Waals surface area contributed by atoms with Crippen LogP contribution in [0, 0.1) is 5.92 Å². The summed E-state index contributed by atoms with van der Waals surface area (Å²) in [6, 6.07) is 2.36. The number of aromatic nitrogens is 2. The molecule has 2 atom stereocenters. The zero-order valence-electron chi connectivity index (χ0n) is 17.7. The van der Waals surface area contributed by atoms with E-state index in [4.69, 9.17) is 0 Å². The maximum Gasteiger partial charge on any atom is 0.269 e. The lowest BCUT2D eigenvalue weighted by molar-refractivity contribution is -0.134. The normalized spacial score (nSPS) is 26.1. The summed E-state index contributed by atoms with van der Waals surface area (Å²) in [4.78, 5) is 32.2. The van der Waals surface area contributed by atoms with Crippen LogP contribution in [0.25, 0.3) is 0 Å². The van der Waals surface area contributed by atoms with Crippen molar-refractivity contribution in [3.8, 4) is 0 Å². The molecule has 0 radical (unpaired) electrons. The molecule has 1 N–H and O–H groups in total. The average molecular weight is 403 g/mol. The van der Waals surface area contributed by atoms with Crippen LogP contribution in [0.2, 0.25) is 0 Å². The highest BCUT2D eigenvalue weighted by Gasteiger charge is 2.38. The molecule has 8 heteroatoms. The minimum Gasteiger partial charge on any atom is -0.349 e. The Labute approximate surface area is 173 Å². The van der Waals surface area contributed by atoms with E-state index in [1.54, 1.807) is 24.0 Å². The summed E-state index contributed by atoms with van der Waals surface area (Å²) in [7, 11) is 3.89. The number of hydrogen-bond acceptors (Lipinski definition) is 5. The highest BCUT2D eigenvalue weighted by Crippen LogP contribution is 2.35. The smallest absolute Gasteiger partial charge is 0.269 e. The van der Waals surface area contributed by atoms with Gasteiger partial charge in [-0.2, -0.15) is 5.10 Å². The first-order chi connectivity index (χ1) is 14.0. The van der Waals surface area contributed by atoms with Crippen LogP contribution in [0.5, 0.6) is 0 Å². The highest BCUT2D eigenvalue weighted by molar-refractivity contribution is 5.92. The van der Waals surface area contributed by atoms with Crippen molar-refractivity contribution in [2.75, 3.05) is 46.3 Å². The molecular formula is C21H34N6O2. The molecule has 0 bridgehead atoms. The van der Waals surface area contributed by atoms with Crippen molar-refractivity contribution >= 4 is 11.8 Å². The number of nitrogens with one attached hydrogen (secondary N) is 1. The van der Waals surface area contributed by atoms with Crippen molar-refractivity contribution in [1.82, 2.24) is 29.8 Å². The molecule has 1 aliphatic carbocycles. The fourth-order valence-electron chi connectivity index (χ4n) is 4.63. The summed E-state index contributed by atoms with van der Waals surface area (Å²) in [6.45, 7) is 5.31. The molecule has 4 rings (SSSR count). The lowest BCUT2D eigenvalue weighted by atomic mass is 10.1. The highest BCUT2D eigenvalue weighted by atomic mass is 16.2. The minimum absolute atomic E-state index is 0.0756. The van der Waals surface area contributed by atoms with Crippen LogP contribution in [0.1, 0.15) is 42.6 Å². The van der Waals surface area contributed by atoms with Crippen molar-refractivity contribution < 1.29 is 9.59 Å². The fraction of sp³-hybridized carbons (Fsp3) is 0.762. The second-order valence-corrected chi connectivity index (χ2v) is 8.96. The number of likely N-dealkylation sites (N-methyl/N-ethyl adjacent to an activating group) is 1. The van der Waals surface area contributed by atoms with Gasteiger partial charge in [-0.25, -0.2) is 0 Å². The van der Waals surface area contributed by atoms with Gasteiger partial charge < -0.3 is 15.1 Å². The summed E-state index contributed by atoms with van der Waals surface area (Å²) < 4.78 is 1.60. The Hall–Kier alpha value is -1.93. The quantitative estimate of drug-likeness (QED) is 0.721. The zero-order valence-corrected chi connectivity index (χ0v) is 17.7.